The second-order valence-corrected chi connectivity index (χ2v) is 8.69. The highest BCUT2D eigenvalue weighted by Crippen LogP contribution is 2.29. The molecule has 1 saturated heterocycles. The van der Waals surface area contributed by atoms with E-state index in [0.29, 0.717) is 50.9 Å². The van der Waals surface area contributed by atoms with Crippen LogP contribution in [0.15, 0.2) is 60.9 Å². The molecule has 0 spiro atoms. The lowest BCUT2D eigenvalue weighted by molar-refractivity contribution is -0.0646. The molecule has 0 amide bonds. The summed E-state index contributed by atoms with van der Waals surface area (Å²) in [5.41, 5.74) is 1.13. The lowest BCUT2D eigenvalue weighted by atomic mass is 10.1. The highest BCUT2D eigenvalue weighted by molar-refractivity contribution is 5.43. The molecule has 34 heavy (non-hydrogen) atoms. The molecule has 1 aliphatic rings. The van der Waals surface area contributed by atoms with E-state index >= 15 is 0 Å². The standard InChI is InChI=1S/C26H33N3O5/c1-21-4-7-23(8-5-21)34-20-26(30)18-28(12-14-32-19-26)17-22-6-9-24(31-2)25(16-22)33-15-13-29-11-3-10-27-29/h3-11,16,30H,12-15,17-20H2,1-2H3. The van der Waals surface area contributed by atoms with Crippen LogP contribution in [0.2, 0.25) is 0 Å². The van der Waals surface area contributed by atoms with Gasteiger partial charge in [-0.3, -0.25) is 9.58 Å². The lowest BCUT2D eigenvalue weighted by Crippen LogP contribution is -2.48. The molecule has 1 fully saturated rings. The fraction of sp³-hybridized carbons (Fsp3) is 0.423. The van der Waals surface area contributed by atoms with Gasteiger partial charge in [0, 0.05) is 32.0 Å². The summed E-state index contributed by atoms with van der Waals surface area (Å²) in [5.74, 6) is 2.12. The van der Waals surface area contributed by atoms with Crippen LogP contribution in [-0.4, -0.2) is 72.0 Å². The number of aromatic nitrogens is 2. The average molecular weight is 468 g/mol. The molecule has 182 valence electrons. The number of rotatable bonds is 10. The summed E-state index contributed by atoms with van der Waals surface area (Å²) in [6, 6.07) is 15.6. The van der Waals surface area contributed by atoms with Gasteiger partial charge in [-0.1, -0.05) is 23.8 Å². The van der Waals surface area contributed by atoms with Crippen molar-refractivity contribution in [2.75, 3.05) is 46.6 Å². The van der Waals surface area contributed by atoms with Crippen LogP contribution in [0.5, 0.6) is 17.2 Å². The number of β-amino-alcohol motifs (C(OH)–C–C–N with tert-alkyl or cyclic N) is 1. The molecule has 1 atom stereocenters. The molecule has 2 heterocycles. The molecule has 2 aromatic carbocycles. The van der Waals surface area contributed by atoms with Crippen LogP contribution in [0.25, 0.3) is 0 Å². The summed E-state index contributed by atoms with van der Waals surface area (Å²) in [6.45, 7) is 5.92. The van der Waals surface area contributed by atoms with E-state index in [1.807, 2.05) is 66.3 Å². The Morgan fingerprint density at radius 3 is 2.74 bits per heavy atom. The molecule has 3 aromatic rings. The molecular formula is C26H33N3O5. The summed E-state index contributed by atoms with van der Waals surface area (Å²) < 4.78 is 24.9. The Balaban J connectivity index is 1.37. The second kappa shape index (κ2) is 11.4. The number of hydrogen-bond acceptors (Lipinski definition) is 7. The Morgan fingerprint density at radius 1 is 1.12 bits per heavy atom. The molecule has 0 aliphatic carbocycles. The number of benzene rings is 2. The van der Waals surface area contributed by atoms with Crippen molar-refractivity contribution >= 4 is 0 Å². The lowest BCUT2D eigenvalue weighted by Gasteiger charge is -2.30. The van der Waals surface area contributed by atoms with Crippen molar-refractivity contribution in [3.8, 4) is 17.2 Å². The van der Waals surface area contributed by atoms with Crippen molar-refractivity contribution in [3.05, 3.63) is 72.1 Å². The Labute approximate surface area is 200 Å². The minimum absolute atomic E-state index is 0.164. The van der Waals surface area contributed by atoms with Gasteiger partial charge in [0.05, 0.1) is 26.9 Å². The second-order valence-electron chi connectivity index (χ2n) is 8.69. The quantitative estimate of drug-likeness (QED) is 0.491. The summed E-state index contributed by atoms with van der Waals surface area (Å²) in [7, 11) is 1.63. The maximum atomic E-state index is 11.2. The van der Waals surface area contributed by atoms with E-state index in [1.54, 1.807) is 13.3 Å². The number of aryl methyl sites for hydroxylation is 1. The predicted molar refractivity (Wildman–Crippen MR) is 128 cm³/mol. The normalized spacial score (nSPS) is 18.9. The van der Waals surface area contributed by atoms with E-state index in [1.165, 1.54) is 5.56 Å². The Kier molecular flexibility index (Phi) is 8.05. The maximum Gasteiger partial charge on any atom is 0.161 e. The van der Waals surface area contributed by atoms with E-state index in [2.05, 4.69) is 10.00 Å². The van der Waals surface area contributed by atoms with Crippen LogP contribution >= 0.6 is 0 Å². The largest absolute Gasteiger partial charge is 0.493 e. The highest BCUT2D eigenvalue weighted by atomic mass is 16.5. The summed E-state index contributed by atoms with van der Waals surface area (Å²) in [5, 5.41) is 15.4. The van der Waals surface area contributed by atoms with Gasteiger partial charge >= 0.3 is 0 Å². The molecular weight excluding hydrogens is 434 g/mol. The van der Waals surface area contributed by atoms with Crippen molar-refractivity contribution in [1.29, 1.82) is 0 Å². The highest BCUT2D eigenvalue weighted by Gasteiger charge is 2.33. The molecule has 0 saturated carbocycles. The van der Waals surface area contributed by atoms with E-state index < -0.39 is 5.60 Å². The van der Waals surface area contributed by atoms with E-state index in [4.69, 9.17) is 18.9 Å². The molecule has 8 heteroatoms. The zero-order valence-electron chi connectivity index (χ0n) is 19.9. The van der Waals surface area contributed by atoms with Crippen molar-refractivity contribution in [2.24, 2.45) is 0 Å². The van der Waals surface area contributed by atoms with Crippen LogP contribution in [-0.2, 0) is 17.8 Å². The number of methoxy groups -OCH3 is 1. The predicted octanol–water partition coefficient (Wildman–Crippen LogP) is 2.92. The molecule has 1 N–H and O–H groups in total. The molecule has 8 nitrogen and oxygen atoms in total. The van der Waals surface area contributed by atoms with Gasteiger partial charge in [0.15, 0.2) is 11.5 Å². The third-order valence-corrected chi connectivity index (χ3v) is 5.74. The Hall–Kier alpha value is -3.07. The first-order valence-electron chi connectivity index (χ1n) is 11.5. The minimum Gasteiger partial charge on any atom is -0.493 e. The summed E-state index contributed by atoms with van der Waals surface area (Å²) in [6.07, 6.45) is 3.65. The maximum absolute atomic E-state index is 11.2. The SMILES string of the molecule is COc1ccc(CN2CCOCC(O)(COc3ccc(C)cc3)C2)cc1OCCn1cccn1. The van der Waals surface area contributed by atoms with Crippen LogP contribution in [0.3, 0.4) is 0 Å². The number of nitrogens with zero attached hydrogens (tertiary/aromatic N) is 3. The van der Waals surface area contributed by atoms with Crippen LogP contribution < -0.4 is 14.2 Å². The first-order valence-corrected chi connectivity index (χ1v) is 11.5. The topological polar surface area (TPSA) is 78.2 Å². The van der Waals surface area contributed by atoms with Crippen LogP contribution in [0.1, 0.15) is 11.1 Å². The van der Waals surface area contributed by atoms with E-state index in [9.17, 15) is 5.11 Å². The number of aliphatic hydroxyl groups is 1. The van der Waals surface area contributed by atoms with Crippen molar-refractivity contribution in [1.82, 2.24) is 14.7 Å². The van der Waals surface area contributed by atoms with Crippen molar-refractivity contribution in [2.45, 2.75) is 25.6 Å². The zero-order chi connectivity index (χ0) is 23.8. The van der Waals surface area contributed by atoms with Gasteiger partial charge in [-0.2, -0.15) is 5.10 Å². The van der Waals surface area contributed by atoms with Gasteiger partial charge in [0.25, 0.3) is 0 Å². The molecule has 1 aliphatic heterocycles. The molecule has 4 rings (SSSR count). The van der Waals surface area contributed by atoms with Gasteiger partial charge in [-0.25, -0.2) is 0 Å². The van der Waals surface area contributed by atoms with E-state index in [-0.39, 0.29) is 13.2 Å². The van der Waals surface area contributed by atoms with Gasteiger partial charge in [-0.05, 0) is 42.8 Å². The minimum atomic E-state index is -1.10. The first kappa shape index (κ1) is 24.1. The summed E-state index contributed by atoms with van der Waals surface area (Å²) >= 11 is 0. The first-order chi connectivity index (χ1) is 16.5. The summed E-state index contributed by atoms with van der Waals surface area (Å²) in [4.78, 5) is 2.18. The average Bonchev–Trinajstić information content (AvgIpc) is 3.28. The third kappa shape index (κ3) is 6.72. The Morgan fingerprint density at radius 2 is 1.97 bits per heavy atom. The number of ether oxygens (including phenoxy) is 4. The van der Waals surface area contributed by atoms with Gasteiger partial charge in [-0.15, -0.1) is 0 Å². The monoisotopic (exact) mass is 467 g/mol. The fourth-order valence-electron chi connectivity index (χ4n) is 3.94. The van der Waals surface area contributed by atoms with Crippen molar-refractivity contribution < 1.29 is 24.1 Å². The molecule has 1 unspecified atom stereocenters. The molecule has 0 bridgehead atoms. The van der Waals surface area contributed by atoms with Crippen molar-refractivity contribution in [3.63, 3.8) is 0 Å². The number of hydrogen-bond donors (Lipinski definition) is 1. The third-order valence-electron chi connectivity index (χ3n) is 5.74. The van der Waals surface area contributed by atoms with Gasteiger partial charge in [0.1, 0.15) is 24.6 Å². The fourth-order valence-corrected chi connectivity index (χ4v) is 3.94. The van der Waals surface area contributed by atoms with Gasteiger partial charge in [0.2, 0.25) is 0 Å². The van der Waals surface area contributed by atoms with E-state index in [0.717, 1.165) is 11.3 Å². The van der Waals surface area contributed by atoms with Crippen LogP contribution in [0, 0.1) is 6.92 Å². The smallest absolute Gasteiger partial charge is 0.161 e. The van der Waals surface area contributed by atoms with Crippen LogP contribution in [0.4, 0.5) is 0 Å². The zero-order valence-corrected chi connectivity index (χ0v) is 19.9. The molecule has 1 aromatic heterocycles. The Bertz CT molecular complexity index is 1030. The van der Waals surface area contributed by atoms with Gasteiger partial charge < -0.3 is 24.1 Å². The molecule has 0 radical (unpaired) electrons.